The van der Waals surface area contributed by atoms with Gasteiger partial charge in [-0.15, -0.1) is 0 Å². The van der Waals surface area contributed by atoms with Gasteiger partial charge < -0.3 is 15.6 Å². The lowest BCUT2D eigenvalue weighted by molar-refractivity contribution is 0.102. The van der Waals surface area contributed by atoms with Crippen molar-refractivity contribution in [1.29, 1.82) is 5.26 Å². The van der Waals surface area contributed by atoms with Gasteiger partial charge in [0.05, 0.1) is 22.7 Å². The van der Waals surface area contributed by atoms with E-state index in [-0.39, 0.29) is 11.1 Å². The number of H-pyrrole nitrogens is 1. The fourth-order valence-electron chi connectivity index (χ4n) is 4.04. The zero-order valence-corrected chi connectivity index (χ0v) is 20.1. The smallest absolute Gasteiger partial charge is 0.258 e. The number of carbonyl (C=O) groups excluding carboxylic acids is 1. The summed E-state index contributed by atoms with van der Waals surface area (Å²) < 4.78 is 15.1. The molecule has 3 aromatic heterocycles. The number of nitrogens with one attached hydrogen (secondary N) is 3. The molecule has 1 amide bonds. The van der Waals surface area contributed by atoms with Gasteiger partial charge in [0.25, 0.3) is 5.91 Å². The normalized spacial score (nSPS) is 11.2. The Morgan fingerprint density at radius 1 is 1.03 bits per heavy atom. The van der Waals surface area contributed by atoms with Gasteiger partial charge in [-0.2, -0.15) is 5.26 Å². The van der Waals surface area contributed by atoms with E-state index in [2.05, 4.69) is 36.6 Å². The predicted molar refractivity (Wildman–Crippen MR) is 140 cm³/mol. The molecule has 0 aliphatic carbocycles. The Kier molecular flexibility index (Phi) is 6.07. The molecule has 0 aliphatic rings. The number of aromatic nitrogens is 4. The minimum absolute atomic E-state index is 0.134. The number of halogens is 1. The van der Waals surface area contributed by atoms with E-state index < -0.39 is 17.1 Å². The van der Waals surface area contributed by atoms with Crippen LogP contribution in [-0.2, 0) is 5.41 Å². The summed E-state index contributed by atoms with van der Waals surface area (Å²) in [4.78, 5) is 29.2. The van der Waals surface area contributed by atoms with E-state index in [0.717, 1.165) is 22.3 Å². The van der Waals surface area contributed by atoms with Gasteiger partial charge in [-0.25, -0.2) is 19.3 Å². The summed E-state index contributed by atoms with van der Waals surface area (Å²) in [5, 5.41) is 16.3. The topological polar surface area (TPSA) is 119 Å². The Balaban J connectivity index is 1.41. The highest BCUT2D eigenvalue weighted by atomic mass is 19.1. The second-order valence-corrected chi connectivity index (χ2v) is 8.93. The molecule has 5 aromatic rings. The van der Waals surface area contributed by atoms with Gasteiger partial charge in [0.15, 0.2) is 0 Å². The van der Waals surface area contributed by atoms with Crippen LogP contribution in [0.1, 0.15) is 29.8 Å². The molecular formula is C28H22FN7O. The van der Waals surface area contributed by atoms with Crippen LogP contribution in [-0.4, -0.2) is 25.8 Å². The number of aromatic amines is 1. The molecule has 182 valence electrons. The first-order chi connectivity index (χ1) is 17.9. The van der Waals surface area contributed by atoms with Crippen molar-refractivity contribution < 1.29 is 9.18 Å². The third kappa shape index (κ3) is 4.60. The number of carbonyl (C=O) groups is 1. The van der Waals surface area contributed by atoms with Crippen molar-refractivity contribution in [3.8, 4) is 17.3 Å². The van der Waals surface area contributed by atoms with Gasteiger partial charge in [-0.1, -0.05) is 18.2 Å². The van der Waals surface area contributed by atoms with Crippen LogP contribution in [0.3, 0.4) is 0 Å². The number of anilines is 3. The Morgan fingerprint density at radius 2 is 1.84 bits per heavy atom. The van der Waals surface area contributed by atoms with Crippen LogP contribution in [0.5, 0.6) is 0 Å². The lowest BCUT2D eigenvalue weighted by atomic mass is 9.85. The number of fused-ring (bicyclic) bond motifs is 1. The maximum Gasteiger partial charge on any atom is 0.258 e. The quantitative estimate of drug-likeness (QED) is 0.270. The lowest BCUT2D eigenvalue weighted by Crippen LogP contribution is -2.20. The predicted octanol–water partition coefficient (Wildman–Crippen LogP) is 5.96. The number of amides is 1. The van der Waals surface area contributed by atoms with Crippen LogP contribution in [0.15, 0.2) is 79.4 Å². The summed E-state index contributed by atoms with van der Waals surface area (Å²) in [6.07, 6.45) is 4.97. The van der Waals surface area contributed by atoms with Crippen LogP contribution in [0.25, 0.3) is 22.3 Å². The molecule has 0 fully saturated rings. The number of pyridine rings is 1. The molecule has 8 nitrogen and oxygen atoms in total. The third-order valence-corrected chi connectivity index (χ3v) is 6.00. The van der Waals surface area contributed by atoms with E-state index in [4.69, 9.17) is 0 Å². The highest BCUT2D eigenvalue weighted by molar-refractivity contribution is 6.05. The maximum absolute atomic E-state index is 15.1. The van der Waals surface area contributed by atoms with Crippen molar-refractivity contribution in [2.45, 2.75) is 19.3 Å². The highest BCUT2D eigenvalue weighted by Crippen LogP contribution is 2.32. The SMILES string of the molecule is CC(C)(C#N)c1cccc(C(=O)Nc2cccc(Nc3ncccc3-c3ncnc4[nH]ccc34)c2)c1F. The lowest BCUT2D eigenvalue weighted by Gasteiger charge is -2.18. The van der Waals surface area contributed by atoms with Crippen molar-refractivity contribution in [3.63, 3.8) is 0 Å². The standard InChI is InChI=1S/C28H22FN7O/c1-28(2,15-30)22-10-4-8-19(23(22)29)27(37)36-18-7-3-6-17(14-18)35-26-20(9-5-12-31-26)24-21-11-13-32-25(21)34-16-33-24/h3-14,16H,1-2H3,(H,31,35)(H,36,37)(H,32,33,34). The minimum Gasteiger partial charge on any atom is -0.346 e. The van der Waals surface area contributed by atoms with Crippen molar-refractivity contribution in [2.24, 2.45) is 0 Å². The van der Waals surface area contributed by atoms with Crippen LogP contribution >= 0.6 is 0 Å². The van der Waals surface area contributed by atoms with Gasteiger partial charge in [-0.05, 0) is 56.3 Å². The van der Waals surface area contributed by atoms with E-state index in [1.807, 2.05) is 24.3 Å². The zero-order valence-electron chi connectivity index (χ0n) is 20.1. The van der Waals surface area contributed by atoms with E-state index >= 15 is 4.39 Å². The molecule has 9 heteroatoms. The Bertz CT molecular complexity index is 1670. The number of hydrogen-bond acceptors (Lipinski definition) is 6. The zero-order chi connectivity index (χ0) is 26.0. The van der Waals surface area contributed by atoms with E-state index in [1.165, 1.54) is 18.5 Å². The van der Waals surface area contributed by atoms with E-state index in [1.54, 1.807) is 50.5 Å². The summed E-state index contributed by atoms with van der Waals surface area (Å²) >= 11 is 0. The monoisotopic (exact) mass is 491 g/mol. The Hall–Kier alpha value is -5.10. The number of rotatable bonds is 6. The molecule has 2 aromatic carbocycles. The number of benzene rings is 2. The van der Waals surface area contributed by atoms with E-state index in [0.29, 0.717) is 17.2 Å². The molecule has 0 spiro atoms. The van der Waals surface area contributed by atoms with E-state index in [9.17, 15) is 10.1 Å². The molecule has 3 N–H and O–H groups in total. The van der Waals surface area contributed by atoms with Gasteiger partial charge in [0.1, 0.15) is 23.6 Å². The van der Waals surface area contributed by atoms with Gasteiger partial charge in [0, 0.05) is 40.3 Å². The molecule has 0 atom stereocenters. The average Bonchev–Trinajstić information content (AvgIpc) is 3.38. The summed E-state index contributed by atoms with van der Waals surface area (Å²) in [6.45, 7) is 3.22. The molecule has 0 radical (unpaired) electrons. The highest BCUT2D eigenvalue weighted by Gasteiger charge is 2.27. The number of hydrogen-bond donors (Lipinski definition) is 3. The first-order valence-corrected chi connectivity index (χ1v) is 11.5. The van der Waals surface area contributed by atoms with Crippen molar-refractivity contribution in [1.82, 2.24) is 19.9 Å². The average molecular weight is 492 g/mol. The van der Waals surface area contributed by atoms with Crippen molar-refractivity contribution in [3.05, 3.63) is 96.3 Å². The Morgan fingerprint density at radius 3 is 2.68 bits per heavy atom. The molecule has 5 rings (SSSR count). The van der Waals surface area contributed by atoms with Crippen LogP contribution in [0, 0.1) is 17.1 Å². The molecule has 0 bridgehead atoms. The van der Waals surface area contributed by atoms with Gasteiger partial charge in [0.2, 0.25) is 0 Å². The van der Waals surface area contributed by atoms with Crippen LogP contribution in [0.4, 0.5) is 21.6 Å². The summed E-state index contributed by atoms with van der Waals surface area (Å²) in [7, 11) is 0. The molecule has 0 aliphatic heterocycles. The molecular weight excluding hydrogens is 469 g/mol. The molecule has 0 saturated carbocycles. The largest absolute Gasteiger partial charge is 0.346 e. The second kappa shape index (κ2) is 9.51. The van der Waals surface area contributed by atoms with Crippen LogP contribution in [0.2, 0.25) is 0 Å². The first kappa shape index (κ1) is 23.6. The van der Waals surface area contributed by atoms with Gasteiger partial charge in [-0.3, -0.25) is 4.79 Å². The van der Waals surface area contributed by atoms with Crippen molar-refractivity contribution in [2.75, 3.05) is 10.6 Å². The molecule has 3 heterocycles. The molecule has 37 heavy (non-hydrogen) atoms. The number of nitriles is 1. The summed E-state index contributed by atoms with van der Waals surface area (Å²) in [5.74, 6) is -0.746. The van der Waals surface area contributed by atoms with Gasteiger partial charge >= 0.3 is 0 Å². The fraction of sp³-hybridized carbons (Fsp3) is 0.107. The summed E-state index contributed by atoms with van der Waals surface area (Å²) in [6, 6.07) is 19.2. The number of nitrogens with zero attached hydrogens (tertiary/aromatic N) is 4. The second-order valence-electron chi connectivity index (χ2n) is 8.93. The van der Waals surface area contributed by atoms with Crippen LogP contribution < -0.4 is 10.6 Å². The maximum atomic E-state index is 15.1. The first-order valence-electron chi connectivity index (χ1n) is 11.5. The van der Waals surface area contributed by atoms with Crippen molar-refractivity contribution >= 4 is 34.1 Å². The minimum atomic E-state index is -1.07. The summed E-state index contributed by atoms with van der Waals surface area (Å²) in [5.41, 5.74) is 2.32. The molecule has 0 saturated heterocycles. The fourth-order valence-corrected chi connectivity index (χ4v) is 4.04. The third-order valence-electron chi connectivity index (χ3n) is 6.00. The Labute approximate surface area is 212 Å². The molecule has 0 unspecified atom stereocenters.